The molecule has 4 rings (SSSR count). The third-order valence-corrected chi connectivity index (χ3v) is 5.60. The summed E-state index contributed by atoms with van der Waals surface area (Å²) in [7, 11) is 3.17. The van der Waals surface area contributed by atoms with Crippen LogP contribution in [0.3, 0.4) is 0 Å². The van der Waals surface area contributed by atoms with Crippen molar-refractivity contribution >= 4 is 16.9 Å². The van der Waals surface area contributed by atoms with Crippen molar-refractivity contribution in [1.29, 1.82) is 0 Å². The molecular weight excluding hydrogens is 338 g/mol. The van der Waals surface area contributed by atoms with Crippen LogP contribution in [0, 0.1) is 0 Å². The Morgan fingerprint density at radius 3 is 2.63 bits per heavy atom. The number of fused-ring (bicyclic) bond motifs is 3. The highest BCUT2D eigenvalue weighted by molar-refractivity contribution is 5.96. The van der Waals surface area contributed by atoms with Crippen molar-refractivity contribution in [2.24, 2.45) is 0 Å². The fraction of sp³-hybridized carbons (Fsp3) is 0.348. The van der Waals surface area contributed by atoms with Gasteiger partial charge in [0.25, 0.3) is 0 Å². The fourth-order valence-electron chi connectivity index (χ4n) is 4.38. The van der Waals surface area contributed by atoms with Crippen LogP contribution in [0.25, 0.3) is 10.9 Å². The number of hydrogen-bond donors (Lipinski definition) is 0. The number of carbonyl (C=O) groups is 1. The first-order chi connectivity index (χ1) is 13.2. The molecule has 2 aromatic carbocycles. The SMILES string of the molecule is COC(=O)C1CCCCc2c1c1c(OC)cccc1n2Cc1ccccc1. The molecule has 1 aliphatic carbocycles. The first-order valence-corrected chi connectivity index (χ1v) is 9.54. The van der Waals surface area contributed by atoms with Crippen LogP contribution in [0.4, 0.5) is 0 Å². The van der Waals surface area contributed by atoms with E-state index in [4.69, 9.17) is 9.47 Å². The average Bonchev–Trinajstić information content (AvgIpc) is 2.87. The van der Waals surface area contributed by atoms with Crippen molar-refractivity contribution in [1.82, 2.24) is 4.57 Å². The van der Waals surface area contributed by atoms with Gasteiger partial charge in [0.15, 0.2) is 0 Å². The van der Waals surface area contributed by atoms with E-state index in [1.165, 1.54) is 18.4 Å². The van der Waals surface area contributed by atoms with E-state index in [1.807, 2.05) is 18.2 Å². The predicted octanol–water partition coefficient (Wildman–Crippen LogP) is 4.68. The number of ether oxygens (including phenoxy) is 2. The van der Waals surface area contributed by atoms with E-state index in [0.29, 0.717) is 0 Å². The van der Waals surface area contributed by atoms with E-state index in [2.05, 4.69) is 34.9 Å². The minimum Gasteiger partial charge on any atom is -0.496 e. The Hall–Kier alpha value is -2.75. The maximum absolute atomic E-state index is 12.6. The number of carbonyl (C=O) groups excluding carboxylic acids is 1. The molecule has 0 saturated carbocycles. The summed E-state index contributed by atoms with van der Waals surface area (Å²) < 4.78 is 13.2. The predicted molar refractivity (Wildman–Crippen MR) is 106 cm³/mol. The third-order valence-electron chi connectivity index (χ3n) is 5.60. The van der Waals surface area contributed by atoms with E-state index in [0.717, 1.165) is 54.4 Å². The van der Waals surface area contributed by atoms with E-state index in [1.54, 1.807) is 7.11 Å². The van der Waals surface area contributed by atoms with Crippen LogP contribution in [0.5, 0.6) is 5.75 Å². The van der Waals surface area contributed by atoms with Crippen LogP contribution in [0.2, 0.25) is 0 Å². The molecular formula is C23H25NO3. The lowest BCUT2D eigenvalue weighted by Crippen LogP contribution is -2.15. The largest absolute Gasteiger partial charge is 0.496 e. The highest BCUT2D eigenvalue weighted by Crippen LogP contribution is 2.42. The Morgan fingerprint density at radius 1 is 1.07 bits per heavy atom. The summed E-state index contributed by atoms with van der Waals surface area (Å²) in [5.41, 5.74) is 4.71. The molecule has 1 unspecified atom stereocenters. The van der Waals surface area contributed by atoms with Gasteiger partial charge in [0.1, 0.15) is 5.75 Å². The fourth-order valence-corrected chi connectivity index (χ4v) is 4.38. The van der Waals surface area contributed by atoms with Crippen molar-refractivity contribution in [2.75, 3.05) is 14.2 Å². The summed E-state index contributed by atoms with van der Waals surface area (Å²) in [6.07, 6.45) is 3.89. The molecule has 1 aromatic heterocycles. The van der Waals surface area contributed by atoms with Crippen LogP contribution in [-0.2, 0) is 22.5 Å². The summed E-state index contributed by atoms with van der Waals surface area (Å²) in [6, 6.07) is 16.6. The first-order valence-electron chi connectivity index (χ1n) is 9.54. The van der Waals surface area contributed by atoms with Gasteiger partial charge in [0.05, 0.1) is 25.7 Å². The number of esters is 1. The van der Waals surface area contributed by atoms with Gasteiger partial charge in [0, 0.05) is 17.6 Å². The van der Waals surface area contributed by atoms with Crippen LogP contribution >= 0.6 is 0 Å². The van der Waals surface area contributed by atoms with Crippen LogP contribution in [-0.4, -0.2) is 24.8 Å². The number of aromatic nitrogens is 1. The van der Waals surface area contributed by atoms with E-state index < -0.39 is 0 Å². The lowest BCUT2D eigenvalue weighted by Gasteiger charge is -2.15. The lowest BCUT2D eigenvalue weighted by molar-refractivity contribution is -0.142. The van der Waals surface area contributed by atoms with Gasteiger partial charge in [-0.2, -0.15) is 0 Å². The molecule has 0 saturated heterocycles. The van der Waals surface area contributed by atoms with Crippen LogP contribution in [0.1, 0.15) is 42.0 Å². The molecule has 3 aromatic rings. The highest BCUT2D eigenvalue weighted by Gasteiger charge is 2.32. The van der Waals surface area contributed by atoms with Crippen molar-refractivity contribution in [3.63, 3.8) is 0 Å². The van der Waals surface area contributed by atoms with Crippen molar-refractivity contribution in [2.45, 2.75) is 38.1 Å². The van der Waals surface area contributed by atoms with Gasteiger partial charge >= 0.3 is 5.97 Å². The Kier molecular flexibility index (Phi) is 4.88. The molecule has 4 heteroatoms. The van der Waals surface area contributed by atoms with Gasteiger partial charge in [-0.15, -0.1) is 0 Å². The molecule has 27 heavy (non-hydrogen) atoms. The maximum Gasteiger partial charge on any atom is 0.313 e. The smallest absolute Gasteiger partial charge is 0.313 e. The van der Waals surface area contributed by atoms with Gasteiger partial charge < -0.3 is 14.0 Å². The standard InChI is InChI=1S/C23H25NO3/c1-26-20-14-8-13-19-22(20)21-17(23(25)27-2)11-6-7-12-18(21)24(19)15-16-9-4-3-5-10-16/h3-5,8-10,13-14,17H,6-7,11-12,15H2,1-2H3. The van der Waals surface area contributed by atoms with E-state index in [-0.39, 0.29) is 11.9 Å². The first kappa shape index (κ1) is 17.7. The highest BCUT2D eigenvalue weighted by atomic mass is 16.5. The summed E-state index contributed by atoms with van der Waals surface area (Å²) in [5.74, 6) is 0.442. The molecule has 1 heterocycles. The summed E-state index contributed by atoms with van der Waals surface area (Å²) in [5, 5.41) is 1.06. The minimum atomic E-state index is -0.233. The van der Waals surface area contributed by atoms with Gasteiger partial charge in [-0.3, -0.25) is 4.79 Å². The van der Waals surface area contributed by atoms with Crippen molar-refractivity contribution < 1.29 is 14.3 Å². The van der Waals surface area contributed by atoms with Gasteiger partial charge in [-0.25, -0.2) is 0 Å². The number of rotatable bonds is 4. The molecule has 140 valence electrons. The number of methoxy groups -OCH3 is 2. The monoisotopic (exact) mass is 363 g/mol. The molecule has 0 bridgehead atoms. The summed E-state index contributed by atoms with van der Waals surface area (Å²) >= 11 is 0. The second kappa shape index (κ2) is 7.47. The third kappa shape index (κ3) is 3.09. The average molecular weight is 363 g/mol. The van der Waals surface area contributed by atoms with E-state index >= 15 is 0 Å². The minimum absolute atomic E-state index is 0.150. The number of hydrogen-bond acceptors (Lipinski definition) is 3. The quantitative estimate of drug-likeness (QED) is 0.499. The molecule has 0 spiro atoms. The molecule has 0 aliphatic heterocycles. The zero-order valence-corrected chi connectivity index (χ0v) is 15.9. The second-order valence-electron chi connectivity index (χ2n) is 7.11. The molecule has 1 atom stereocenters. The zero-order chi connectivity index (χ0) is 18.8. The second-order valence-corrected chi connectivity index (χ2v) is 7.11. The van der Waals surface area contributed by atoms with Crippen molar-refractivity contribution in [3.8, 4) is 5.75 Å². The summed E-state index contributed by atoms with van der Waals surface area (Å²) in [6.45, 7) is 0.785. The molecule has 4 nitrogen and oxygen atoms in total. The lowest BCUT2D eigenvalue weighted by atomic mass is 9.93. The molecule has 0 fully saturated rings. The normalized spacial score (nSPS) is 16.6. The van der Waals surface area contributed by atoms with Gasteiger partial charge in [-0.1, -0.05) is 42.8 Å². The van der Waals surface area contributed by atoms with E-state index in [9.17, 15) is 4.79 Å². The zero-order valence-electron chi connectivity index (χ0n) is 15.9. The topological polar surface area (TPSA) is 40.5 Å². The molecule has 0 N–H and O–H groups in total. The maximum atomic E-state index is 12.6. The van der Waals surface area contributed by atoms with Crippen molar-refractivity contribution in [3.05, 3.63) is 65.4 Å². The molecule has 1 aliphatic rings. The Labute approximate surface area is 159 Å². The number of nitrogens with zero attached hydrogens (tertiary/aromatic N) is 1. The van der Waals surface area contributed by atoms with Crippen LogP contribution in [0.15, 0.2) is 48.5 Å². The Balaban J connectivity index is 1.98. The van der Waals surface area contributed by atoms with Crippen LogP contribution < -0.4 is 4.74 Å². The Bertz CT molecular complexity index is 959. The van der Waals surface area contributed by atoms with Gasteiger partial charge in [-0.05, 0) is 42.5 Å². The molecule has 0 radical (unpaired) electrons. The summed E-state index contributed by atoms with van der Waals surface area (Å²) in [4.78, 5) is 12.6. The number of benzene rings is 2. The van der Waals surface area contributed by atoms with Gasteiger partial charge in [0.2, 0.25) is 0 Å². The Morgan fingerprint density at radius 2 is 1.89 bits per heavy atom. The molecule has 0 amide bonds.